The van der Waals surface area contributed by atoms with Crippen molar-refractivity contribution in [1.29, 1.82) is 0 Å². The Bertz CT molecular complexity index is 191. The molecular weight excluding hydrogens is 170 g/mol. The van der Waals surface area contributed by atoms with Crippen molar-refractivity contribution >= 4 is 0 Å². The Hall–Kier alpha value is -0.300. The van der Waals surface area contributed by atoms with Crippen molar-refractivity contribution in [2.45, 2.75) is 63.8 Å². The molecular formula is C13H23N. The molecule has 0 bridgehead atoms. The molecule has 0 aliphatic heterocycles. The van der Waals surface area contributed by atoms with Crippen LogP contribution in [0, 0.1) is 5.92 Å². The van der Waals surface area contributed by atoms with Gasteiger partial charge in [0.05, 0.1) is 0 Å². The topological polar surface area (TPSA) is 26.0 Å². The zero-order valence-corrected chi connectivity index (χ0v) is 9.17. The van der Waals surface area contributed by atoms with Crippen molar-refractivity contribution in [3.63, 3.8) is 0 Å². The van der Waals surface area contributed by atoms with Crippen molar-refractivity contribution in [3.8, 4) is 0 Å². The third-order valence-corrected chi connectivity index (χ3v) is 3.79. The molecule has 2 N–H and O–H groups in total. The van der Waals surface area contributed by atoms with Gasteiger partial charge in [-0.25, -0.2) is 0 Å². The van der Waals surface area contributed by atoms with E-state index in [1.165, 1.54) is 57.8 Å². The second-order valence-corrected chi connectivity index (χ2v) is 5.06. The molecule has 0 amide bonds. The van der Waals surface area contributed by atoms with Crippen LogP contribution in [0.3, 0.4) is 0 Å². The molecule has 2 saturated carbocycles. The predicted octanol–water partition coefficient (Wildman–Crippen LogP) is 3.39. The van der Waals surface area contributed by atoms with Crippen LogP contribution in [0.25, 0.3) is 0 Å². The monoisotopic (exact) mass is 193 g/mol. The average molecular weight is 193 g/mol. The third-order valence-electron chi connectivity index (χ3n) is 3.79. The first-order valence-corrected chi connectivity index (χ1v) is 6.30. The highest BCUT2D eigenvalue weighted by molar-refractivity contribution is 5.08. The molecule has 2 rings (SSSR count). The molecule has 0 spiro atoms. The summed E-state index contributed by atoms with van der Waals surface area (Å²) in [5.74, 6) is 0.910. The van der Waals surface area contributed by atoms with Crippen LogP contribution in [0.4, 0.5) is 0 Å². The van der Waals surface area contributed by atoms with E-state index in [1.54, 1.807) is 5.57 Å². The summed E-state index contributed by atoms with van der Waals surface area (Å²) in [4.78, 5) is 0. The van der Waals surface area contributed by atoms with E-state index in [0.717, 1.165) is 5.92 Å². The molecule has 0 unspecified atom stereocenters. The predicted molar refractivity (Wildman–Crippen MR) is 61.1 cm³/mol. The van der Waals surface area contributed by atoms with Gasteiger partial charge in [-0.3, -0.25) is 0 Å². The Kier molecular flexibility index (Phi) is 3.63. The minimum atomic E-state index is 0.485. The van der Waals surface area contributed by atoms with Gasteiger partial charge in [0.2, 0.25) is 0 Å². The number of hydrogen-bond donors (Lipinski definition) is 1. The summed E-state index contributed by atoms with van der Waals surface area (Å²) in [6, 6.07) is 0.485. The molecule has 2 fully saturated rings. The molecule has 0 aromatic rings. The Morgan fingerprint density at radius 3 is 2.21 bits per heavy atom. The molecule has 0 aromatic heterocycles. The van der Waals surface area contributed by atoms with Crippen LogP contribution < -0.4 is 5.73 Å². The van der Waals surface area contributed by atoms with Crippen molar-refractivity contribution in [2.75, 3.05) is 0 Å². The molecule has 80 valence electrons. The fraction of sp³-hybridized carbons (Fsp3) is 0.846. The van der Waals surface area contributed by atoms with Gasteiger partial charge in [0.25, 0.3) is 0 Å². The van der Waals surface area contributed by atoms with Gasteiger partial charge in [0, 0.05) is 6.04 Å². The van der Waals surface area contributed by atoms with Gasteiger partial charge >= 0.3 is 0 Å². The molecule has 0 aromatic carbocycles. The van der Waals surface area contributed by atoms with Crippen LogP contribution in [0.2, 0.25) is 0 Å². The first-order valence-electron chi connectivity index (χ1n) is 6.30. The van der Waals surface area contributed by atoms with E-state index in [9.17, 15) is 0 Å². The van der Waals surface area contributed by atoms with Crippen LogP contribution in [0.5, 0.6) is 0 Å². The van der Waals surface area contributed by atoms with Gasteiger partial charge < -0.3 is 5.73 Å². The highest BCUT2D eigenvalue weighted by Crippen LogP contribution is 2.29. The summed E-state index contributed by atoms with van der Waals surface area (Å²) in [5, 5.41) is 0. The normalized spacial score (nSPS) is 30.4. The first-order chi connectivity index (χ1) is 6.84. The molecule has 14 heavy (non-hydrogen) atoms. The highest BCUT2D eigenvalue weighted by Gasteiger charge is 2.15. The van der Waals surface area contributed by atoms with Gasteiger partial charge in [0.1, 0.15) is 0 Å². The lowest BCUT2D eigenvalue weighted by Crippen LogP contribution is -2.23. The first kappa shape index (κ1) is 10.2. The fourth-order valence-corrected chi connectivity index (χ4v) is 2.81. The van der Waals surface area contributed by atoms with E-state index in [1.807, 2.05) is 0 Å². The van der Waals surface area contributed by atoms with Gasteiger partial charge in [-0.1, -0.05) is 30.9 Å². The molecule has 1 nitrogen and oxygen atoms in total. The van der Waals surface area contributed by atoms with Gasteiger partial charge in [-0.15, -0.1) is 0 Å². The van der Waals surface area contributed by atoms with Gasteiger partial charge in [0.15, 0.2) is 0 Å². The quantitative estimate of drug-likeness (QED) is 0.635. The molecule has 0 saturated heterocycles. The Morgan fingerprint density at radius 1 is 0.929 bits per heavy atom. The maximum Gasteiger partial charge on any atom is 0.00449 e. The van der Waals surface area contributed by atoms with Crippen molar-refractivity contribution < 1.29 is 0 Å². The van der Waals surface area contributed by atoms with Gasteiger partial charge in [-0.2, -0.15) is 0 Å². The van der Waals surface area contributed by atoms with E-state index in [-0.39, 0.29) is 0 Å². The Labute approximate surface area is 87.8 Å². The summed E-state index contributed by atoms with van der Waals surface area (Å²) >= 11 is 0. The van der Waals surface area contributed by atoms with Crippen LogP contribution in [0.1, 0.15) is 57.8 Å². The van der Waals surface area contributed by atoms with E-state index < -0.39 is 0 Å². The lowest BCUT2D eigenvalue weighted by molar-refractivity contribution is 0.412. The smallest absolute Gasteiger partial charge is 0.00449 e. The Balaban J connectivity index is 1.83. The summed E-state index contributed by atoms with van der Waals surface area (Å²) < 4.78 is 0. The van der Waals surface area contributed by atoms with Crippen LogP contribution in [-0.2, 0) is 0 Å². The summed E-state index contributed by atoms with van der Waals surface area (Å²) in [6.07, 6.45) is 14.8. The second-order valence-electron chi connectivity index (χ2n) is 5.06. The lowest BCUT2D eigenvalue weighted by atomic mass is 9.84. The maximum absolute atomic E-state index is 5.90. The van der Waals surface area contributed by atoms with E-state index in [4.69, 9.17) is 5.73 Å². The standard InChI is InChI=1S/C13H23N/c14-13-8-6-12(7-9-13)10-11-4-2-1-3-5-11/h10-11,13H,1-9,14H2. The zero-order chi connectivity index (χ0) is 9.80. The number of rotatable bonds is 1. The summed E-state index contributed by atoms with van der Waals surface area (Å²) in [7, 11) is 0. The lowest BCUT2D eigenvalue weighted by Gasteiger charge is -2.24. The fourth-order valence-electron chi connectivity index (χ4n) is 2.81. The van der Waals surface area contributed by atoms with Crippen molar-refractivity contribution in [1.82, 2.24) is 0 Å². The molecule has 0 radical (unpaired) electrons. The third kappa shape index (κ3) is 2.84. The largest absolute Gasteiger partial charge is 0.328 e. The van der Waals surface area contributed by atoms with Crippen molar-refractivity contribution in [2.24, 2.45) is 11.7 Å². The van der Waals surface area contributed by atoms with E-state index >= 15 is 0 Å². The number of allylic oxidation sites excluding steroid dienone is 2. The highest BCUT2D eigenvalue weighted by atomic mass is 14.6. The summed E-state index contributed by atoms with van der Waals surface area (Å²) in [5.41, 5.74) is 7.61. The molecule has 2 aliphatic rings. The summed E-state index contributed by atoms with van der Waals surface area (Å²) in [6.45, 7) is 0. The van der Waals surface area contributed by atoms with Crippen LogP contribution in [-0.4, -0.2) is 6.04 Å². The zero-order valence-electron chi connectivity index (χ0n) is 9.17. The van der Waals surface area contributed by atoms with Crippen LogP contribution in [0.15, 0.2) is 11.6 Å². The number of nitrogens with two attached hydrogens (primary N) is 1. The average Bonchev–Trinajstić information content (AvgIpc) is 2.23. The van der Waals surface area contributed by atoms with Crippen LogP contribution >= 0.6 is 0 Å². The van der Waals surface area contributed by atoms with E-state index in [2.05, 4.69) is 6.08 Å². The maximum atomic E-state index is 5.90. The van der Waals surface area contributed by atoms with Gasteiger partial charge in [-0.05, 0) is 44.4 Å². The van der Waals surface area contributed by atoms with E-state index in [0.29, 0.717) is 6.04 Å². The molecule has 0 atom stereocenters. The van der Waals surface area contributed by atoms with Crippen molar-refractivity contribution in [3.05, 3.63) is 11.6 Å². The molecule has 0 heterocycles. The number of hydrogen-bond acceptors (Lipinski definition) is 1. The minimum absolute atomic E-state index is 0.485. The Morgan fingerprint density at radius 2 is 1.57 bits per heavy atom. The SMILES string of the molecule is NC1CCC(=CC2CCCCC2)CC1. The second kappa shape index (κ2) is 4.97. The molecule has 2 aliphatic carbocycles. The minimum Gasteiger partial charge on any atom is -0.328 e. The molecule has 1 heteroatoms.